The Hall–Kier alpha value is -1.35. The monoisotopic (exact) mass is 781 g/mol. The van der Waals surface area contributed by atoms with Crippen molar-refractivity contribution in [1.82, 2.24) is 0 Å². The summed E-state index contributed by atoms with van der Waals surface area (Å²) in [5, 5.41) is 30.7. The number of carbonyl (C=O) groups is 2. The van der Waals surface area contributed by atoms with Crippen molar-refractivity contribution in [2.45, 2.75) is 224 Å². The second-order valence-electron chi connectivity index (χ2n) is 15.0. The molecule has 2 unspecified atom stereocenters. The van der Waals surface area contributed by atoms with Crippen molar-refractivity contribution < 1.29 is 56.8 Å². The number of ether oxygens (including phenoxy) is 4. The van der Waals surface area contributed by atoms with Crippen LogP contribution in [0, 0.1) is 0 Å². The molecule has 0 radical (unpaired) electrons. The van der Waals surface area contributed by atoms with Crippen LogP contribution in [0.2, 0.25) is 0 Å². The van der Waals surface area contributed by atoms with Crippen LogP contribution in [0.1, 0.15) is 187 Å². The molecule has 13 heteroatoms. The van der Waals surface area contributed by atoms with Gasteiger partial charge in [-0.3, -0.25) is 14.1 Å². The maximum atomic E-state index is 12.7. The van der Waals surface area contributed by atoms with Gasteiger partial charge in [-0.1, -0.05) is 162 Å². The van der Waals surface area contributed by atoms with Crippen LogP contribution in [0.25, 0.3) is 0 Å². The number of hydrogen-bond acceptors (Lipinski definition) is 11. The molecule has 53 heavy (non-hydrogen) atoms. The Morgan fingerprint density at radius 2 is 0.962 bits per heavy atom. The Morgan fingerprint density at radius 1 is 0.566 bits per heavy atom. The molecule has 0 aromatic heterocycles. The number of esters is 2. The van der Waals surface area contributed by atoms with Crippen LogP contribution in [0.4, 0.5) is 0 Å². The van der Waals surface area contributed by atoms with Gasteiger partial charge in [0.15, 0.2) is 12.4 Å². The molecule has 1 aliphatic rings. The maximum absolute atomic E-state index is 12.7. The molecule has 1 rings (SSSR count). The Balaban J connectivity index is 2.43. The van der Waals surface area contributed by atoms with E-state index in [4.69, 9.17) is 18.9 Å². The topological polar surface area (TPSA) is 186 Å². The molecule has 314 valence electrons. The predicted molar refractivity (Wildman–Crippen MR) is 206 cm³/mol. The van der Waals surface area contributed by atoms with Crippen molar-refractivity contribution >= 4 is 22.1 Å². The zero-order chi connectivity index (χ0) is 39.2. The molecular weight excluding hydrogens is 704 g/mol. The number of aliphatic hydroxyl groups is 3. The second-order valence-corrected chi connectivity index (χ2v) is 16.5. The SMILES string of the molecule is CCCCCCCCCCCCCCCCCCCC(=O)O[C@H](COC(=O)CCCCCCCCCC)CO[C@H]1O[C@H](CS(=O)(=O)O)[C@@H](O)C(O)C1O. The third-order valence-corrected chi connectivity index (χ3v) is 10.7. The van der Waals surface area contributed by atoms with Gasteiger partial charge in [0.2, 0.25) is 0 Å². The first-order valence-electron chi connectivity index (χ1n) is 21.1. The summed E-state index contributed by atoms with van der Waals surface area (Å²) >= 11 is 0. The Labute approximate surface area is 321 Å². The number of unbranched alkanes of at least 4 members (excludes halogenated alkanes) is 23. The molecule has 0 spiro atoms. The Bertz CT molecular complexity index is 1010. The normalized spacial score (nSPS) is 21.1. The van der Waals surface area contributed by atoms with Gasteiger partial charge in [0.05, 0.1) is 6.61 Å². The van der Waals surface area contributed by atoms with Crippen LogP contribution >= 0.6 is 0 Å². The predicted octanol–water partition coefficient (Wildman–Crippen LogP) is 7.73. The minimum absolute atomic E-state index is 0.172. The van der Waals surface area contributed by atoms with Gasteiger partial charge >= 0.3 is 11.9 Å². The fourth-order valence-electron chi connectivity index (χ4n) is 6.62. The van der Waals surface area contributed by atoms with Gasteiger partial charge in [0, 0.05) is 12.8 Å². The zero-order valence-corrected chi connectivity index (χ0v) is 34.0. The summed E-state index contributed by atoms with van der Waals surface area (Å²) in [4.78, 5) is 25.2. The molecule has 1 fully saturated rings. The van der Waals surface area contributed by atoms with E-state index < -0.39 is 71.2 Å². The van der Waals surface area contributed by atoms with Gasteiger partial charge in [-0.25, -0.2) is 0 Å². The van der Waals surface area contributed by atoms with Gasteiger partial charge in [0.1, 0.15) is 36.8 Å². The summed E-state index contributed by atoms with van der Waals surface area (Å²) in [7, 11) is -4.59. The average Bonchev–Trinajstić information content (AvgIpc) is 3.12. The van der Waals surface area contributed by atoms with Crippen LogP contribution in [0.15, 0.2) is 0 Å². The van der Waals surface area contributed by atoms with E-state index in [0.29, 0.717) is 12.8 Å². The van der Waals surface area contributed by atoms with Crippen molar-refractivity contribution in [1.29, 1.82) is 0 Å². The Morgan fingerprint density at radius 3 is 1.38 bits per heavy atom. The summed E-state index contributed by atoms with van der Waals surface area (Å²) in [6, 6.07) is 0. The zero-order valence-electron chi connectivity index (χ0n) is 33.1. The third-order valence-electron chi connectivity index (χ3n) is 9.94. The van der Waals surface area contributed by atoms with E-state index in [1.807, 2.05) is 0 Å². The fourth-order valence-corrected chi connectivity index (χ4v) is 7.31. The van der Waals surface area contributed by atoms with E-state index in [1.54, 1.807) is 0 Å². The maximum Gasteiger partial charge on any atom is 0.306 e. The lowest BCUT2D eigenvalue weighted by Gasteiger charge is -2.40. The lowest BCUT2D eigenvalue weighted by atomic mass is 10.00. The van der Waals surface area contributed by atoms with E-state index in [0.717, 1.165) is 38.5 Å². The highest BCUT2D eigenvalue weighted by Crippen LogP contribution is 2.24. The molecule has 4 N–H and O–H groups in total. The van der Waals surface area contributed by atoms with Crippen molar-refractivity contribution in [2.24, 2.45) is 0 Å². The van der Waals surface area contributed by atoms with Gasteiger partial charge in [-0.05, 0) is 12.8 Å². The highest BCUT2D eigenvalue weighted by molar-refractivity contribution is 7.85. The summed E-state index contributed by atoms with van der Waals surface area (Å²) in [5.41, 5.74) is 0. The van der Waals surface area contributed by atoms with E-state index in [-0.39, 0.29) is 19.4 Å². The molecule has 0 saturated carbocycles. The minimum Gasteiger partial charge on any atom is -0.462 e. The van der Waals surface area contributed by atoms with Crippen LogP contribution in [0.3, 0.4) is 0 Å². The number of aliphatic hydroxyl groups excluding tert-OH is 3. The average molecular weight is 781 g/mol. The van der Waals surface area contributed by atoms with Gasteiger partial charge in [-0.15, -0.1) is 0 Å². The molecule has 6 atom stereocenters. The number of rotatable bonds is 35. The summed E-state index contributed by atoms with van der Waals surface area (Å²) in [6.07, 6.45) is 20.3. The highest BCUT2D eigenvalue weighted by Gasteiger charge is 2.46. The summed E-state index contributed by atoms with van der Waals surface area (Å²) in [6.45, 7) is 3.72. The van der Waals surface area contributed by atoms with Crippen LogP contribution in [-0.2, 0) is 38.7 Å². The second kappa shape index (κ2) is 31.8. The lowest BCUT2D eigenvalue weighted by molar-refractivity contribution is -0.297. The van der Waals surface area contributed by atoms with E-state index in [1.165, 1.54) is 109 Å². The lowest BCUT2D eigenvalue weighted by Crippen LogP contribution is -2.60. The van der Waals surface area contributed by atoms with E-state index in [9.17, 15) is 37.9 Å². The van der Waals surface area contributed by atoms with Crippen LogP contribution < -0.4 is 0 Å². The summed E-state index contributed by atoms with van der Waals surface area (Å²) < 4.78 is 53.8. The first kappa shape index (κ1) is 49.7. The Kier molecular flexibility index (Phi) is 29.8. The quantitative estimate of drug-likeness (QED) is 0.0279. The molecule has 0 aromatic rings. The van der Waals surface area contributed by atoms with Gasteiger partial charge in [-0.2, -0.15) is 8.42 Å². The van der Waals surface area contributed by atoms with Crippen molar-refractivity contribution in [3.05, 3.63) is 0 Å². The first-order valence-corrected chi connectivity index (χ1v) is 22.7. The van der Waals surface area contributed by atoms with Crippen LogP contribution in [0.5, 0.6) is 0 Å². The van der Waals surface area contributed by atoms with Crippen molar-refractivity contribution in [2.75, 3.05) is 19.0 Å². The molecule has 0 bridgehead atoms. The van der Waals surface area contributed by atoms with Gasteiger partial charge < -0.3 is 34.3 Å². The molecule has 1 heterocycles. The van der Waals surface area contributed by atoms with Crippen molar-refractivity contribution in [3.8, 4) is 0 Å². The molecule has 0 aromatic carbocycles. The first-order chi connectivity index (χ1) is 25.5. The van der Waals surface area contributed by atoms with Crippen LogP contribution in [-0.4, -0.2) is 96.0 Å². The fraction of sp³-hybridized carbons (Fsp3) is 0.950. The molecule has 0 amide bonds. The molecule has 0 aliphatic carbocycles. The van der Waals surface area contributed by atoms with E-state index in [2.05, 4.69) is 13.8 Å². The largest absolute Gasteiger partial charge is 0.462 e. The molecule has 1 aliphatic heterocycles. The van der Waals surface area contributed by atoms with Crippen molar-refractivity contribution in [3.63, 3.8) is 0 Å². The molecule has 12 nitrogen and oxygen atoms in total. The van der Waals surface area contributed by atoms with Gasteiger partial charge in [0.25, 0.3) is 10.1 Å². The molecule has 1 saturated heterocycles. The number of hydrogen-bond donors (Lipinski definition) is 4. The standard InChI is InChI=1S/C40H76O12S/c1-3-5-7-9-11-13-14-15-16-17-18-19-20-21-23-25-27-29-36(42)51-33(30-49-35(41)28-26-24-22-12-10-8-6-4-2)31-50-40-39(45)38(44)37(43)34(52-40)32-53(46,47)48/h33-34,37-40,43-45H,3-32H2,1-2H3,(H,46,47,48)/t33-,34-,37-,38?,39?,40+/m1/s1. The number of carbonyl (C=O) groups excluding carboxylic acids is 2. The minimum atomic E-state index is -4.59. The highest BCUT2D eigenvalue weighted by atomic mass is 32.2. The summed E-state index contributed by atoms with van der Waals surface area (Å²) in [5.74, 6) is -1.97. The third kappa shape index (κ3) is 27.0. The molecular formula is C40H76O12S. The van der Waals surface area contributed by atoms with E-state index >= 15 is 0 Å². The smallest absolute Gasteiger partial charge is 0.306 e.